The minimum absolute atomic E-state index is 0.0608. The van der Waals surface area contributed by atoms with Gasteiger partial charge in [-0.05, 0) is 70.6 Å². The first-order valence-corrected chi connectivity index (χ1v) is 10.6. The molecule has 3 N–H and O–H groups in total. The molecule has 3 amide bonds. The lowest BCUT2D eigenvalue weighted by molar-refractivity contribution is -0.129. The van der Waals surface area contributed by atoms with Crippen molar-refractivity contribution in [3.8, 4) is 0 Å². The standard InChI is InChI=1S/C23H33N3O4/c1-16(2)26-23(29)25-15-19-9-11-20(12-10-19)22(28)30-17(3)21(27)24-14-13-18-7-5-4-6-8-18/h7,9-12,16-17H,4-6,8,13-15H2,1-3H3,(H,24,27)(H2,25,26,29)/t17-/m0/s1. The smallest absolute Gasteiger partial charge is 0.338 e. The lowest BCUT2D eigenvalue weighted by atomic mass is 9.97. The summed E-state index contributed by atoms with van der Waals surface area (Å²) in [5.74, 6) is -0.846. The molecule has 2 rings (SSSR count). The van der Waals surface area contributed by atoms with Crippen molar-refractivity contribution in [3.63, 3.8) is 0 Å². The second-order valence-electron chi connectivity index (χ2n) is 7.88. The fourth-order valence-electron chi connectivity index (χ4n) is 3.16. The molecule has 1 aromatic rings. The molecule has 1 aliphatic carbocycles. The van der Waals surface area contributed by atoms with Crippen LogP contribution in [0.2, 0.25) is 0 Å². The van der Waals surface area contributed by atoms with Crippen molar-refractivity contribution >= 4 is 17.9 Å². The minimum Gasteiger partial charge on any atom is -0.449 e. The topological polar surface area (TPSA) is 96.5 Å². The second-order valence-corrected chi connectivity index (χ2v) is 7.88. The molecule has 0 radical (unpaired) electrons. The van der Waals surface area contributed by atoms with Crippen LogP contribution in [0.1, 0.15) is 68.8 Å². The highest BCUT2D eigenvalue weighted by atomic mass is 16.5. The number of allylic oxidation sites excluding steroid dienone is 1. The Labute approximate surface area is 178 Å². The zero-order valence-corrected chi connectivity index (χ0v) is 18.1. The monoisotopic (exact) mass is 415 g/mol. The lowest BCUT2D eigenvalue weighted by Crippen LogP contribution is -2.39. The van der Waals surface area contributed by atoms with Gasteiger partial charge >= 0.3 is 12.0 Å². The van der Waals surface area contributed by atoms with E-state index in [1.165, 1.54) is 18.4 Å². The molecule has 0 aromatic heterocycles. The molecule has 0 unspecified atom stereocenters. The van der Waals surface area contributed by atoms with E-state index in [9.17, 15) is 14.4 Å². The van der Waals surface area contributed by atoms with Crippen molar-refractivity contribution in [2.75, 3.05) is 6.54 Å². The zero-order chi connectivity index (χ0) is 21.9. The van der Waals surface area contributed by atoms with Gasteiger partial charge in [0.1, 0.15) is 0 Å². The molecule has 1 aromatic carbocycles. The van der Waals surface area contributed by atoms with Gasteiger partial charge in [-0.25, -0.2) is 9.59 Å². The van der Waals surface area contributed by atoms with Crippen LogP contribution in [0.4, 0.5) is 4.79 Å². The quantitative estimate of drug-likeness (QED) is 0.425. The number of ether oxygens (including phenoxy) is 1. The van der Waals surface area contributed by atoms with Gasteiger partial charge in [-0.15, -0.1) is 0 Å². The minimum atomic E-state index is -0.862. The van der Waals surface area contributed by atoms with Crippen LogP contribution >= 0.6 is 0 Å². The molecular formula is C23H33N3O4. The third-order valence-electron chi connectivity index (χ3n) is 4.85. The first-order valence-electron chi connectivity index (χ1n) is 10.6. The number of esters is 1. The largest absolute Gasteiger partial charge is 0.449 e. The van der Waals surface area contributed by atoms with Gasteiger partial charge in [0, 0.05) is 19.1 Å². The number of amides is 3. The fraction of sp³-hybridized carbons (Fsp3) is 0.522. The van der Waals surface area contributed by atoms with Crippen molar-refractivity contribution in [3.05, 3.63) is 47.0 Å². The van der Waals surface area contributed by atoms with E-state index in [0.29, 0.717) is 18.7 Å². The summed E-state index contributed by atoms with van der Waals surface area (Å²) >= 11 is 0. The molecule has 0 bridgehead atoms. The highest BCUT2D eigenvalue weighted by molar-refractivity contribution is 5.92. The lowest BCUT2D eigenvalue weighted by Gasteiger charge is -2.16. The zero-order valence-electron chi connectivity index (χ0n) is 18.1. The van der Waals surface area contributed by atoms with E-state index >= 15 is 0 Å². The normalized spacial score (nSPS) is 14.5. The van der Waals surface area contributed by atoms with Gasteiger partial charge in [0.15, 0.2) is 6.10 Å². The van der Waals surface area contributed by atoms with Crippen molar-refractivity contribution in [2.24, 2.45) is 0 Å². The van der Waals surface area contributed by atoms with Gasteiger partial charge in [-0.2, -0.15) is 0 Å². The van der Waals surface area contributed by atoms with Crippen molar-refractivity contribution in [1.29, 1.82) is 0 Å². The van der Waals surface area contributed by atoms with Gasteiger partial charge < -0.3 is 20.7 Å². The maximum absolute atomic E-state index is 12.3. The van der Waals surface area contributed by atoms with E-state index in [1.807, 2.05) is 13.8 Å². The summed E-state index contributed by atoms with van der Waals surface area (Å²) < 4.78 is 5.28. The van der Waals surface area contributed by atoms with Crippen LogP contribution in [0.5, 0.6) is 0 Å². The highest BCUT2D eigenvalue weighted by Gasteiger charge is 2.18. The molecule has 0 fully saturated rings. The third-order valence-corrected chi connectivity index (χ3v) is 4.85. The Hall–Kier alpha value is -2.83. The molecule has 0 heterocycles. The summed E-state index contributed by atoms with van der Waals surface area (Å²) in [6.45, 7) is 6.24. The molecule has 164 valence electrons. The van der Waals surface area contributed by atoms with Crippen LogP contribution in [-0.2, 0) is 16.1 Å². The molecule has 1 atom stereocenters. The molecule has 0 spiro atoms. The number of carbonyl (C=O) groups is 3. The Bertz CT molecular complexity index is 756. The summed E-state index contributed by atoms with van der Waals surface area (Å²) in [6.07, 6.45) is 6.93. The number of carbonyl (C=O) groups excluding carboxylic acids is 3. The van der Waals surface area contributed by atoms with Crippen LogP contribution in [0.3, 0.4) is 0 Å². The molecule has 30 heavy (non-hydrogen) atoms. The van der Waals surface area contributed by atoms with Crippen LogP contribution in [0.25, 0.3) is 0 Å². The number of nitrogens with one attached hydrogen (secondary N) is 3. The Kier molecular flexibility index (Phi) is 9.38. The van der Waals surface area contributed by atoms with Crippen LogP contribution in [-0.4, -0.2) is 36.6 Å². The van der Waals surface area contributed by atoms with Gasteiger partial charge in [-0.3, -0.25) is 4.79 Å². The number of urea groups is 1. The molecule has 0 saturated heterocycles. The fourth-order valence-corrected chi connectivity index (χ4v) is 3.16. The number of benzene rings is 1. The first-order chi connectivity index (χ1) is 14.3. The highest BCUT2D eigenvalue weighted by Crippen LogP contribution is 2.19. The maximum atomic E-state index is 12.3. The predicted molar refractivity (Wildman–Crippen MR) is 116 cm³/mol. The number of hydrogen-bond donors (Lipinski definition) is 3. The molecule has 0 saturated carbocycles. The van der Waals surface area contributed by atoms with Crippen molar-refractivity contribution in [1.82, 2.24) is 16.0 Å². The van der Waals surface area contributed by atoms with E-state index in [-0.39, 0.29) is 18.0 Å². The van der Waals surface area contributed by atoms with Crippen LogP contribution < -0.4 is 16.0 Å². The Morgan fingerprint density at radius 2 is 1.77 bits per heavy atom. The van der Waals surface area contributed by atoms with Crippen LogP contribution in [0, 0.1) is 0 Å². The molecule has 0 aliphatic heterocycles. The third kappa shape index (κ3) is 8.27. The van der Waals surface area contributed by atoms with Crippen molar-refractivity contribution in [2.45, 2.75) is 71.6 Å². The average molecular weight is 416 g/mol. The maximum Gasteiger partial charge on any atom is 0.338 e. The Morgan fingerprint density at radius 1 is 1.03 bits per heavy atom. The van der Waals surface area contributed by atoms with Gasteiger partial charge in [0.25, 0.3) is 5.91 Å². The predicted octanol–water partition coefficient (Wildman–Crippen LogP) is 3.45. The van der Waals surface area contributed by atoms with Gasteiger partial charge in [0.05, 0.1) is 5.56 Å². The molecule has 7 heteroatoms. The Balaban J connectivity index is 1.74. The summed E-state index contributed by atoms with van der Waals surface area (Å²) in [5, 5.41) is 8.32. The summed E-state index contributed by atoms with van der Waals surface area (Å²) in [7, 11) is 0. The first kappa shape index (κ1) is 23.4. The van der Waals surface area contributed by atoms with Crippen molar-refractivity contribution < 1.29 is 19.1 Å². The Morgan fingerprint density at radius 3 is 2.40 bits per heavy atom. The van der Waals surface area contributed by atoms with E-state index in [0.717, 1.165) is 24.8 Å². The molecule has 7 nitrogen and oxygen atoms in total. The number of rotatable bonds is 9. The molecular weight excluding hydrogens is 382 g/mol. The average Bonchev–Trinajstić information content (AvgIpc) is 2.72. The van der Waals surface area contributed by atoms with Gasteiger partial charge in [-0.1, -0.05) is 23.8 Å². The van der Waals surface area contributed by atoms with Crippen LogP contribution in [0.15, 0.2) is 35.9 Å². The van der Waals surface area contributed by atoms with E-state index in [2.05, 4.69) is 22.0 Å². The van der Waals surface area contributed by atoms with Gasteiger partial charge in [0.2, 0.25) is 0 Å². The second kappa shape index (κ2) is 12.0. The summed E-state index contributed by atoms with van der Waals surface area (Å²) in [6, 6.07) is 6.56. The summed E-state index contributed by atoms with van der Waals surface area (Å²) in [5.41, 5.74) is 2.60. The number of hydrogen-bond acceptors (Lipinski definition) is 4. The summed E-state index contributed by atoms with van der Waals surface area (Å²) in [4.78, 5) is 36.1. The molecule has 1 aliphatic rings. The van der Waals surface area contributed by atoms with E-state index in [4.69, 9.17) is 4.74 Å². The van der Waals surface area contributed by atoms with E-state index < -0.39 is 12.1 Å². The SMILES string of the molecule is CC(C)NC(=O)NCc1ccc(C(=O)O[C@@H](C)C(=O)NCCC2=CCCCC2)cc1. The van der Waals surface area contributed by atoms with E-state index in [1.54, 1.807) is 31.2 Å².